The van der Waals surface area contributed by atoms with Crippen LogP contribution in [0.5, 0.6) is 0 Å². The fourth-order valence-electron chi connectivity index (χ4n) is 8.39. The molecular formula is C68H166Cl2N4O18+2. The fourth-order valence-corrected chi connectivity index (χ4v) is 8.39. The Labute approximate surface area is 585 Å². The fraction of sp³-hybridized carbons (Fsp3) is 0.941. The molecule has 15 unspecified atom stereocenters. The molecule has 1 fully saturated rings. The van der Waals surface area contributed by atoms with Crippen LogP contribution in [0.3, 0.4) is 0 Å². The lowest BCUT2D eigenvalue weighted by Crippen LogP contribution is -3.00. The van der Waals surface area contributed by atoms with Crippen molar-refractivity contribution in [2.24, 2.45) is 29.6 Å². The molecule has 22 nitrogen and oxygen atoms in total. The number of ether oxygens (including phenoxy) is 5. The summed E-state index contributed by atoms with van der Waals surface area (Å²) in [7, 11) is 12.8. The van der Waals surface area contributed by atoms with Gasteiger partial charge in [0.05, 0.1) is 169 Å². The Morgan fingerprint density at radius 3 is 1.12 bits per heavy atom. The van der Waals surface area contributed by atoms with Gasteiger partial charge in [-0.1, -0.05) is 128 Å². The number of amides is 2. The first-order valence-electron chi connectivity index (χ1n) is 30.5. The molecule has 1 saturated heterocycles. The Hall–Kier alpha value is -1.46. The van der Waals surface area contributed by atoms with Crippen molar-refractivity contribution >= 4 is 11.8 Å². The van der Waals surface area contributed by atoms with Crippen LogP contribution in [0.4, 0.5) is 0 Å². The van der Waals surface area contributed by atoms with E-state index in [1.807, 2.05) is 62.3 Å². The van der Waals surface area contributed by atoms with Crippen molar-refractivity contribution in [3.8, 4) is 0 Å². The van der Waals surface area contributed by atoms with Crippen molar-refractivity contribution in [3.63, 3.8) is 0 Å². The summed E-state index contributed by atoms with van der Waals surface area (Å²) in [6.45, 7) is 26.2. The van der Waals surface area contributed by atoms with Gasteiger partial charge in [-0.05, 0) is 58.3 Å². The molecule has 24 heteroatoms. The molecule has 1 aliphatic rings. The van der Waals surface area contributed by atoms with Gasteiger partial charge < -0.3 is 124 Å². The molecule has 0 spiro atoms. The first-order valence-corrected chi connectivity index (χ1v) is 30.5. The zero-order valence-corrected chi connectivity index (χ0v) is 56.5. The zero-order chi connectivity index (χ0) is 64.0. The molecule has 15 atom stereocenters. The molecule has 1 rings (SSSR count). The number of aliphatic hydroxyl groups excluding tert-OH is 11. The van der Waals surface area contributed by atoms with Crippen LogP contribution in [-0.4, -0.2) is 279 Å². The monoisotopic (exact) mass is 1400 g/mol. The second kappa shape index (κ2) is 75.3. The van der Waals surface area contributed by atoms with Gasteiger partial charge in [-0.3, -0.25) is 9.59 Å². The minimum Gasteiger partial charge on any atom is -1.00 e. The van der Waals surface area contributed by atoms with Crippen LogP contribution >= 0.6 is 0 Å². The Morgan fingerprint density at radius 2 is 0.859 bits per heavy atom. The minimum atomic E-state index is -0.826. The normalized spacial score (nSPS) is 18.5. The highest BCUT2D eigenvalue weighted by Gasteiger charge is 2.42. The zero-order valence-electron chi connectivity index (χ0n) is 57.0. The number of carbonyl (C=O) groups excluding carboxylic acids is 2. The number of hydrogen-bond acceptors (Lipinski definition) is 18. The quantitative estimate of drug-likeness (QED) is 0.0236. The van der Waals surface area contributed by atoms with Crippen molar-refractivity contribution in [2.75, 3.05) is 141 Å². The van der Waals surface area contributed by atoms with Crippen molar-refractivity contribution in [1.82, 2.24) is 10.6 Å². The van der Waals surface area contributed by atoms with E-state index in [9.17, 15) is 30.0 Å². The predicted octanol–water partition coefficient (Wildman–Crippen LogP) is 1.83. The molecule has 92 heavy (non-hydrogen) atoms. The number of halogens is 2. The predicted molar refractivity (Wildman–Crippen MR) is 383 cm³/mol. The lowest BCUT2D eigenvalue weighted by Gasteiger charge is -2.42. The number of aliphatic hydroxyl groups is 11. The van der Waals surface area contributed by atoms with Gasteiger partial charge in [0, 0.05) is 77.8 Å². The number of carbonyl (C=O) groups is 2. The van der Waals surface area contributed by atoms with Gasteiger partial charge in [0.2, 0.25) is 11.8 Å². The third-order valence-corrected chi connectivity index (χ3v) is 14.4. The molecule has 0 aromatic rings. The van der Waals surface area contributed by atoms with E-state index < -0.39 is 18.3 Å². The molecule has 0 bridgehead atoms. The van der Waals surface area contributed by atoms with E-state index >= 15 is 0 Å². The molecule has 0 aromatic carbocycles. The van der Waals surface area contributed by atoms with Crippen molar-refractivity contribution in [3.05, 3.63) is 12.2 Å². The summed E-state index contributed by atoms with van der Waals surface area (Å²) >= 11 is 0. The minimum absolute atomic E-state index is 0. The molecule has 0 saturated carbocycles. The molecule has 0 aromatic heterocycles. The molecule has 578 valence electrons. The van der Waals surface area contributed by atoms with E-state index in [4.69, 9.17) is 59.4 Å². The maximum absolute atomic E-state index is 12.1. The van der Waals surface area contributed by atoms with Crippen molar-refractivity contribution in [2.45, 2.75) is 254 Å². The average molecular weight is 1400 g/mol. The molecule has 0 radical (unpaired) electrons. The van der Waals surface area contributed by atoms with Crippen LogP contribution in [0.2, 0.25) is 0 Å². The van der Waals surface area contributed by atoms with Gasteiger partial charge in [0.25, 0.3) is 0 Å². The third-order valence-electron chi connectivity index (χ3n) is 14.4. The summed E-state index contributed by atoms with van der Waals surface area (Å²) in [6, 6.07) is 0. The van der Waals surface area contributed by atoms with Gasteiger partial charge >= 0.3 is 2.85 Å². The van der Waals surface area contributed by atoms with Crippen LogP contribution in [0.15, 0.2) is 12.2 Å². The molecule has 1 aliphatic heterocycles. The molecule has 1 heterocycles. The third kappa shape index (κ3) is 59.8. The lowest BCUT2D eigenvalue weighted by atomic mass is 9.84. The van der Waals surface area contributed by atoms with E-state index in [2.05, 4.69) is 59.5 Å². The van der Waals surface area contributed by atoms with Gasteiger partial charge in [-0.25, -0.2) is 0 Å². The second-order valence-electron chi connectivity index (χ2n) is 23.4. The summed E-state index contributed by atoms with van der Waals surface area (Å²) in [5.74, 6) is -0.619. The number of hydrogen-bond donors (Lipinski definition) is 13. The Morgan fingerprint density at radius 1 is 0.511 bits per heavy atom. The van der Waals surface area contributed by atoms with E-state index in [1.54, 1.807) is 6.92 Å². The van der Waals surface area contributed by atoms with E-state index in [0.717, 1.165) is 67.1 Å². The maximum atomic E-state index is 12.1. The van der Waals surface area contributed by atoms with Gasteiger partial charge in [0.1, 0.15) is 6.10 Å². The van der Waals surface area contributed by atoms with Gasteiger partial charge in [0.15, 0.2) is 0 Å². The number of nitrogens with one attached hydrogen (secondary N) is 2. The molecule has 13 N–H and O–H groups in total. The topological polar surface area (TPSA) is 327 Å². The molecule has 2 amide bonds. The Balaban J connectivity index is -0.0000000492. The Bertz CT molecular complexity index is 1480. The second-order valence-corrected chi connectivity index (χ2v) is 23.4. The lowest BCUT2D eigenvalue weighted by molar-refractivity contribution is -0.870. The summed E-state index contributed by atoms with van der Waals surface area (Å²) in [6.07, 6.45) is 3.58. The first-order chi connectivity index (χ1) is 38.6. The van der Waals surface area contributed by atoms with Crippen LogP contribution in [0.25, 0.3) is 0 Å². The van der Waals surface area contributed by atoms with Gasteiger partial charge in [-0.15, -0.1) is 0 Å². The van der Waals surface area contributed by atoms with E-state index in [0.29, 0.717) is 51.0 Å². The van der Waals surface area contributed by atoms with Crippen LogP contribution < -0.4 is 35.4 Å². The van der Waals surface area contributed by atoms with Crippen molar-refractivity contribution < 1.29 is 129 Å². The average Bonchev–Trinajstić information content (AvgIpc) is 3.45. The van der Waals surface area contributed by atoms with E-state index in [1.165, 1.54) is 0 Å². The number of rotatable bonds is 40. The highest BCUT2D eigenvalue weighted by atomic mass is 35.5. The van der Waals surface area contributed by atoms with E-state index in [-0.39, 0.29) is 234 Å². The van der Waals surface area contributed by atoms with Gasteiger partial charge in [-0.2, -0.15) is 0 Å². The summed E-state index contributed by atoms with van der Waals surface area (Å²) in [5.41, 5.74) is 0.574. The highest BCUT2D eigenvalue weighted by molar-refractivity contribution is 5.92. The van der Waals surface area contributed by atoms with Crippen molar-refractivity contribution in [1.29, 1.82) is 0 Å². The smallest absolute Gasteiger partial charge is 1.00 e. The van der Waals surface area contributed by atoms with Crippen LogP contribution in [-0.2, 0) is 33.3 Å². The SMILES string of the molecule is C.C.C.C.C.C.C.C.C=C(C)C(=O)NCCC[N+](C)(C)C.CCC(CO)OC(CO)C(CC)CO.CCC(CO)OC(CO)C(CC)CO.CCC(COCC(C)C(=O)NCCC[N+](C)(C)C)OC(CO)C(CC)CO.CCC1OC(CO)C(CC)C(O)C1O.[2HH].[2HH].[Cl-].[Cl-].[H+].[H+]. The van der Waals surface area contributed by atoms with Crippen LogP contribution in [0.1, 0.15) is 199 Å². The summed E-state index contributed by atoms with van der Waals surface area (Å²) in [5, 5.41) is 107. The summed E-state index contributed by atoms with van der Waals surface area (Å²) < 4.78 is 29.9. The number of nitrogens with zero attached hydrogens (tertiary/aromatic N) is 2. The van der Waals surface area contributed by atoms with Crippen LogP contribution in [0, 0.1) is 29.6 Å². The highest BCUT2D eigenvalue weighted by Crippen LogP contribution is 2.29. The summed E-state index contributed by atoms with van der Waals surface area (Å²) in [4.78, 5) is 23.2. The largest absolute Gasteiger partial charge is 1.00 e. The maximum Gasteiger partial charge on any atom is 1.00 e. The molecular weight excluding hydrogens is 1230 g/mol. The standard InChI is InChI=1S/C20H42N2O5.C10H20N2O.C10H20O4.2C10H22O4.8CH4.2ClH.2H2/c1-7-17(12-23)19(13-24)27-18(8-2)15-26-14-16(3)20(25)21-10-9-11-22(4,5)6;1-9(2)10(13)11-7-6-8-12(3,4)5;1-3-6-8(5-11)14-7(4-2)10(13)9(6)12;2*1-3-8(5-11)10(7-13)14-9(4-2)6-12;;;;;;;;;;;;/h16-19,23-24H,7-15H2,1-6H3;1,6-8H2,2-5H3;6-13H,3-5H2,1-2H3;2*8-13H,3-7H2,1-2H3;8*1H4;4*1H/p+2/i;;;;;;;;;;;;;;;2*1+1. The Kier molecular flexibility index (Phi) is 101. The first kappa shape index (κ1) is 124. The molecule has 0 aliphatic carbocycles. The number of quaternary nitrogens is 2.